The Morgan fingerprint density at radius 1 is 1.53 bits per heavy atom. The van der Waals surface area contributed by atoms with E-state index in [1.807, 2.05) is 19.1 Å². The summed E-state index contributed by atoms with van der Waals surface area (Å²) in [5.41, 5.74) is 0.605. The van der Waals surface area contributed by atoms with Crippen molar-refractivity contribution in [2.45, 2.75) is 24.9 Å². The summed E-state index contributed by atoms with van der Waals surface area (Å²) < 4.78 is 1.07. The summed E-state index contributed by atoms with van der Waals surface area (Å²) in [4.78, 5) is 0. The summed E-state index contributed by atoms with van der Waals surface area (Å²) in [5, 5.41) is 13.7. The van der Waals surface area contributed by atoms with Gasteiger partial charge in [0.15, 0.2) is 0 Å². The number of aliphatic hydroxyl groups is 1. The van der Waals surface area contributed by atoms with Crippen LogP contribution < -0.4 is 5.32 Å². The van der Waals surface area contributed by atoms with Crippen molar-refractivity contribution >= 4 is 15.9 Å². The van der Waals surface area contributed by atoms with Crippen molar-refractivity contribution in [3.63, 3.8) is 0 Å². The molecule has 1 fully saturated rings. The van der Waals surface area contributed by atoms with Crippen LogP contribution in [0, 0.1) is 0 Å². The Hall–Kier alpha value is -0.380. The average molecular weight is 270 g/mol. The van der Waals surface area contributed by atoms with Crippen molar-refractivity contribution in [2.24, 2.45) is 0 Å². The van der Waals surface area contributed by atoms with E-state index in [9.17, 15) is 5.11 Å². The molecule has 0 saturated carbocycles. The van der Waals surface area contributed by atoms with Crippen molar-refractivity contribution < 1.29 is 5.11 Å². The number of hydrogen-bond donors (Lipinski definition) is 2. The van der Waals surface area contributed by atoms with Crippen molar-refractivity contribution in [1.29, 1.82) is 0 Å². The fourth-order valence-corrected chi connectivity index (χ4v) is 2.60. The number of nitrogens with one attached hydrogen (secondary N) is 1. The summed E-state index contributed by atoms with van der Waals surface area (Å²) in [6.45, 7) is 3.68. The van der Waals surface area contributed by atoms with E-state index in [2.05, 4.69) is 33.4 Å². The Morgan fingerprint density at radius 2 is 2.33 bits per heavy atom. The largest absolute Gasteiger partial charge is 0.389 e. The van der Waals surface area contributed by atoms with Gasteiger partial charge in [-0.1, -0.05) is 28.1 Å². The lowest BCUT2D eigenvalue weighted by atomic mass is 9.79. The van der Waals surface area contributed by atoms with Crippen LogP contribution in [0.5, 0.6) is 0 Å². The summed E-state index contributed by atoms with van der Waals surface area (Å²) >= 11 is 3.46. The Morgan fingerprint density at radius 3 is 3.00 bits per heavy atom. The summed E-state index contributed by atoms with van der Waals surface area (Å²) in [6, 6.07) is 8.20. The molecule has 0 amide bonds. The van der Waals surface area contributed by atoms with Crippen LogP contribution in [0.1, 0.15) is 24.8 Å². The van der Waals surface area contributed by atoms with E-state index in [4.69, 9.17) is 0 Å². The van der Waals surface area contributed by atoms with Crippen LogP contribution >= 0.6 is 15.9 Å². The monoisotopic (exact) mass is 269 g/mol. The van der Waals surface area contributed by atoms with Crippen LogP contribution in [0.25, 0.3) is 0 Å². The zero-order chi connectivity index (χ0) is 10.9. The predicted octanol–water partition coefficient (Wildman–Crippen LogP) is 2.28. The molecule has 0 bridgehead atoms. The highest BCUT2D eigenvalue weighted by Gasteiger charge is 2.35. The van der Waals surface area contributed by atoms with Gasteiger partial charge in [0, 0.05) is 16.9 Å². The van der Waals surface area contributed by atoms with Crippen LogP contribution in [0.3, 0.4) is 0 Å². The molecule has 0 aliphatic carbocycles. The first-order valence-corrected chi connectivity index (χ1v) is 6.07. The molecule has 2 rings (SSSR count). The zero-order valence-corrected chi connectivity index (χ0v) is 10.4. The third kappa shape index (κ3) is 2.41. The van der Waals surface area contributed by atoms with E-state index in [0.717, 1.165) is 24.0 Å². The Bertz CT molecular complexity index is 351. The summed E-state index contributed by atoms with van der Waals surface area (Å²) in [7, 11) is 0. The molecule has 3 heteroatoms. The lowest BCUT2D eigenvalue weighted by molar-refractivity contribution is 0.00781. The molecule has 0 aromatic heterocycles. The van der Waals surface area contributed by atoms with Gasteiger partial charge >= 0.3 is 0 Å². The van der Waals surface area contributed by atoms with Crippen LogP contribution in [0.2, 0.25) is 0 Å². The van der Waals surface area contributed by atoms with Gasteiger partial charge < -0.3 is 10.4 Å². The van der Waals surface area contributed by atoms with Crippen molar-refractivity contribution in [3.05, 3.63) is 34.3 Å². The fourth-order valence-electron chi connectivity index (χ4n) is 2.18. The third-order valence-corrected chi connectivity index (χ3v) is 3.65. The molecule has 2 atom stereocenters. The molecule has 0 radical (unpaired) electrons. The molecule has 0 spiro atoms. The van der Waals surface area contributed by atoms with Gasteiger partial charge in [-0.3, -0.25) is 0 Å². The number of rotatable bonds is 1. The minimum absolute atomic E-state index is 0.184. The molecule has 1 aliphatic heterocycles. The zero-order valence-electron chi connectivity index (χ0n) is 8.83. The normalized spacial score (nSPS) is 31.5. The SMILES string of the molecule is CC1(O)CCNCC1c1cccc(Br)c1. The lowest BCUT2D eigenvalue weighted by Gasteiger charge is -2.38. The van der Waals surface area contributed by atoms with Gasteiger partial charge in [0.25, 0.3) is 0 Å². The van der Waals surface area contributed by atoms with Crippen LogP contribution in [-0.2, 0) is 0 Å². The third-order valence-electron chi connectivity index (χ3n) is 3.16. The van der Waals surface area contributed by atoms with Gasteiger partial charge in [0.05, 0.1) is 5.60 Å². The van der Waals surface area contributed by atoms with Gasteiger partial charge in [0.1, 0.15) is 0 Å². The quantitative estimate of drug-likeness (QED) is 0.820. The minimum atomic E-state index is -0.591. The molecular weight excluding hydrogens is 254 g/mol. The second kappa shape index (κ2) is 4.24. The first-order chi connectivity index (χ1) is 7.09. The second-order valence-corrected chi connectivity index (χ2v) is 5.33. The van der Waals surface area contributed by atoms with E-state index in [1.165, 1.54) is 5.56 Å². The van der Waals surface area contributed by atoms with Crippen LogP contribution in [0.4, 0.5) is 0 Å². The van der Waals surface area contributed by atoms with Crippen molar-refractivity contribution in [3.8, 4) is 0 Å². The van der Waals surface area contributed by atoms with Crippen LogP contribution in [0.15, 0.2) is 28.7 Å². The Kier molecular flexibility index (Phi) is 3.14. The van der Waals surface area contributed by atoms with Crippen LogP contribution in [-0.4, -0.2) is 23.8 Å². The summed E-state index contributed by atoms with van der Waals surface area (Å²) in [5.74, 6) is 0.184. The Balaban J connectivity index is 2.29. The Labute approximate surface area is 98.8 Å². The molecule has 1 saturated heterocycles. The number of halogens is 1. The molecule has 2 nitrogen and oxygen atoms in total. The minimum Gasteiger partial charge on any atom is -0.389 e. The molecule has 2 unspecified atom stereocenters. The van der Waals surface area contributed by atoms with E-state index in [-0.39, 0.29) is 5.92 Å². The fraction of sp³-hybridized carbons (Fsp3) is 0.500. The molecular formula is C12H16BrNO. The average Bonchev–Trinajstić information content (AvgIpc) is 2.17. The standard InChI is InChI=1S/C12H16BrNO/c1-12(15)5-6-14-8-11(12)9-3-2-4-10(13)7-9/h2-4,7,11,14-15H,5-6,8H2,1H3. The predicted molar refractivity (Wildman–Crippen MR) is 65.0 cm³/mol. The highest BCUT2D eigenvalue weighted by atomic mass is 79.9. The first kappa shape index (κ1) is 11.1. The van der Waals surface area contributed by atoms with Crippen molar-refractivity contribution in [1.82, 2.24) is 5.32 Å². The lowest BCUT2D eigenvalue weighted by Crippen LogP contribution is -2.46. The molecule has 82 valence electrons. The number of piperidine rings is 1. The molecule has 2 N–H and O–H groups in total. The smallest absolute Gasteiger partial charge is 0.0712 e. The highest BCUT2D eigenvalue weighted by molar-refractivity contribution is 9.10. The maximum absolute atomic E-state index is 10.3. The molecule has 1 aromatic carbocycles. The van der Waals surface area contributed by atoms with Gasteiger partial charge in [-0.25, -0.2) is 0 Å². The van der Waals surface area contributed by atoms with Gasteiger partial charge in [-0.05, 0) is 37.6 Å². The van der Waals surface area contributed by atoms with E-state index >= 15 is 0 Å². The highest BCUT2D eigenvalue weighted by Crippen LogP contribution is 2.33. The van der Waals surface area contributed by atoms with E-state index in [1.54, 1.807) is 0 Å². The number of benzene rings is 1. The summed E-state index contributed by atoms with van der Waals surface area (Å²) in [6.07, 6.45) is 0.810. The van der Waals surface area contributed by atoms with E-state index in [0.29, 0.717) is 0 Å². The molecule has 1 aliphatic rings. The second-order valence-electron chi connectivity index (χ2n) is 4.42. The molecule has 1 heterocycles. The maximum atomic E-state index is 10.3. The van der Waals surface area contributed by atoms with Gasteiger partial charge in [-0.15, -0.1) is 0 Å². The topological polar surface area (TPSA) is 32.3 Å². The van der Waals surface area contributed by atoms with E-state index < -0.39 is 5.60 Å². The first-order valence-electron chi connectivity index (χ1n) is 5.28. The molecule has 15 heavy (non-hydrogen) atoms. The van der Waals surface area contributed by atoms with Gasteiger partial charge in [0.2, 0.25) is 0 Å². The maximum Gasteiger partial charge on any atom is 0.0712 e. The number of hydrogen-bond acceptors (Lipinski definition) is 2. The van der Waals surface area contributed by atoms with Crippen molar-refractivity contribution in [2.75, 3.05) is 13.1 Å². The van der Waals surface area contributed by atoms with Gasteiger partial charge in [-0.2, -0.15) is 0 Å². The molecule has 1 aromatic rings.